The van der Waals surface area contributed by atoms with Crippen LogP contribution in [0.25, 0.3) is 0 Å². The Morgan fingerprint density at radius 2 is 2.06 bits per heavy atom. The molecule has 88 valence electrons. The van der Waals surface area contributed by atoms with Gasteiger partial charge >= 0.3 is 5.97 Å². The van der Waals surface area contributed by atoms with Crippen LogP contribution in [0.5, 0.6) is 0 Å². The first-order valence-electron chi connectivity index (χ1n) is 4.62. The van der Waals surface area contributed by atoms with E-state index in [4.69, 9.17) is 10.5 Å². The Kier molecular flexibility index (Phi) is 6.35. The van der Waals surface area contributed by atoms with Crippen LogP contribution < -0.4 is 11.1 Å². The monoisotopic (exact) mass is 224 g/mol. The van der Waals surface area contributed by atoms with E-state index in [1.54, 1.807) is 19.2 Å². The number of rotatable bonds is 2. The van der Waals surface area contributed by atoms with Crippen molar-refractivity contribution in [3.63, 3.8) is 0 Å². The second-order valence-corrected chi connectivity index (χ2v) is 2.99. The molecule has 0 bridgehead atoms. The summed E-state index contributed by atoms with van der Waals surface area (Å²) >= 11 is 0. The number of nitrogens with one attached hydrogen (secondary N) is 1. The average molecular weight is 224 g/mol. The highest BCUT2D eigenvalue weighted by atomic mass is 16.5. The van der Waals surface area contributed by atoms with Crippen LogP contribution in [0.3, 0.4) is 0 Å². The van der Waals surface area contributed by atoms with Gasteiger partial charge in [0.15, 0.2) is 0 Å². The largest absolute Gasteiger partial charge is 0.465 e. The Bertz CT molecular complexity index is 364. The van der Waals surface area contributed by atoms with E-state index in [1.165, 1.54) is 7.11 Å². The van der Waals surface area contributed by atoms with Crippen LogP contribution in [-0.2, 0) is 9.53 Å². The summed E-state index contributed by atoms with van der Waals surface area (Å²) in [6.07, 6.45) is 0.625. The minimum atomic E-state index is -0.392. The van der Waals surface area contributed by atoms with Crippen molar-refractivity contribution in [3.8, 4) is 0 Å². The number of carbonyl (C=O) groups is 2. The number of ether oxygens (including phenoxy) is 1. The molecule has 3 N–H and O–H groups in total. The van der Waals surface area contributed by atoms with Gasteiger partial charge < -0.3 is 15.8 Å². The molecular weight excluding hydrogens is 208 g/mol. The average Bonchev–Trinajstić information content (AvgIpc) is 2.31. The van der Waals surface area contributed by atoms with Crippen LogP contribution in [-0.4, -0.2) is 26.5 Å². The lowest BCUT2D eigenvalue weighted by molar-refractivity contribution is -0.109. The molecule has 0 aromatic heterocycles. The van der Waals surface area contributed by atoms with E-state index >= 15 is 0 Å². The number of aryl methyl sites for hydroxylation is 1. The first-order valence-corrected chi connectivity index (χ1v) is 4.62. The Hall–Kier alpha value is -2.04. The molecule has 16 heavy (non-hydrogen) atoms. The first-order chi connectivity index (χ1) is 7.56. The zero-order chi connectivity index (χ0) is 12.6. The van der Waals surface area contributed by atoms with Crippen LogP contribution in [0, 0.1) is 6.92 Å². The van der Waals surface area contributed by atoms with Gasteiger partial charge in [-0.3, -0.25) is 4.79 Å². The number of amides is 1. The van der Waals surface area contributed by atoms with Gasteiger partial charge in [-0.05, 0) is 19.1 Å². The molecule has 0 radical (unpaired) electrons. The second kappa shape index (κ2) is 7.28. The lowest BCUT2D eigenvalue weighted by atomic mass is 10.1. The molecule has 0 aliphatic heterocycles. The lowest BCUT2D eigenvalue weighted by Crippen LogP contribution is -2.05. The van der Waals surface area contributed by atoms with Crippen LogP contribution >= 0.6 is 0 Å². The third-order valence-electron chi connectivity index (χ3n) is 1.73. The van der Waals surface area contributed by atoms with E-state index in [9.17, 15) is 4.79 Å². The first kappa shape index (κ1) is 14.0. The minimum absolute atomic E-state index is 0.392. The Morgan fingerprint density at radius 1 is 1.50 bits per heavy atom. The van der Waals surface area contributed by atoms with Gasteiger partial charge in [-0.25, -0.2) is 4.79 Å². The Morgan fingerprint density at radius 3 is 2.50 bits per heavy atom. The van der Waals surface area contributed by atoms with Crippen molar-refractivity contribution >= 4 is 18.1 Å². The predicted molar refractivity (Wildman–Crippen MR) is 62.1 cm³/mol. The smallest absolute Gasteiger partial charge is 0.339 e. The fourth-order valence-corrected chi connectivity index (χ4v) is 0.957. The number of nitrogens with two attached hydrogens (primary N) is 1. The van der Waals surface area contributed by atoms with E-state index in [0.717, 1.165) is 5.56 Å². The molecule has 0 fully saturated rings. The van der Waals surface area contributed by atoms with Crippen molar-refractivity contribution in [3.05, 3.63) is 29.3 Å². The summed E-state index contributed by atoms with van der Waals surface area (Å²) in [4.78, 5) is 20.1. The lowest BCUT2D eigenvalue weighted by Gasteiger charge is -2.03. The summed E-state index contributed by atoms with van der Waals surface area (Å²) in [5.74, 6) is -0.392. The molecule has 0 heterocycles. The predicted octanol–water partition coefficient (Wildman–Crippen LogP) is 0.726. The van der Waals surface area contributed by atoms with Gasteiger partial charge in [0.2, 0.25) is 6.41 Å². The van der Waals surface area contributed by atoms with E-state index in [0.29, 0.717) is 17.7 Å². The molecule has 0 saturated carbocycles. The molecule has 0 aliphatic carbocycles. The number of hydrogen-bond donors (Lipinski definition) is 2. The highest BCUT2D eigenvalue weighted by Crippen LogP contribution is 2.14. The number of methoxy groups -OCH3 is 1. The maximum Gasteiger partial charge on any atom is 0.339 e. The molecule has 1 aromatic rings. The molecular formula is C11H16N2O3. The number of benzene rings is 1. The van der Waals surface area contributed by atoms with E-state index in [-0.39, 0.29) is 0 Å². The van der Waals surface area contributed by atoms with Crippen molar-refractivity contribution in [2.75, 3.05) is 19.9 Å². The van der Waals surface area contributed by atoms with Crippen molar-refractivity contribution in [2.24, 2.45) is 0 Å². The molecule has 5 nitrogen and oxygen atoms in total. The molecule has 1 rings (SSSR count). The SMILES string of the molecule is CNC=O.COC(=O)c1cc(C)ccc1N. The van der Waals surface area contributed by atoms with Crippen molar-refractivity contribution in [2.45, 2.75) is 6.92 Å². The van der Waals surface area contributed by atoms with Crippen LogP contribution in [0.2, 0.25) is 0 Å². The standard InChI is InChI=1S/C9H11NO2.C2H5NO/c1-6-3-4-8(10)7(5-6)9(11)12-2;1-3-2-4/h3-5H,10H2,1-2H3;2H,1H3,(H,3,4). The second-order valence-electron chi connectivity index (χ2n) is 2.99. The summed E-state index contributed by atoms with van der Waals surface area (Å²) in [7, 11) is 2.90. The summed E-state index contributed by atoms with van der Waals surface area (Å²) < 4.78 is 4.55. The van der Waals surface area contributed by atoms with E-state index in [2.05, 4.69) is 10.1 Å². The maximum absolute atomic E-state index is 11.1. The molecule has 0 aliphatic rings. The zero-order valence-electron chi connectivity index (χ0n) is 9.61. The number of carbonyl (C=O) groups excluding carboxylic acids is 2. The minimum Gasteiger partial charge on any atom is -0.465 e. The van der Waals surface area contributed by atoms with Crippen LogP contribution in [0.1, 0.15) is 15.9 Å². The molecule has 0 atom stereocenters. The molecule has 0 spiro atoms. The fraction of sp³-hybridized carbons (Fsp3) is 0.273. The third-order valence-corrected chi connectivity index (χ3v) is 1.73. The van der Waals surface area contributed by atoms with Crippen LogP contribution in [0.4, 0.5) is 5.69 Å². The van der Waals surface area contributed by atoms with Gasteiger partial charge in [-0.2, -0.15) is 0 Å². The van der Waals surface area contributed by atoms with Gasteiger partial charge in [0, 0.05) is 12.7 Å². The van der Waals surface area contributed by atoms with Gasteiger partial charge in [0.05, 0.1) is 12.7 Å². The summed E-state index contributed by atoms with van der Waals surface area (Å²) in [6, 6.07) is 5.25. The van der Waals surface area contributed by atoms with E-state index in [1.807, 2.05) is 13.0 Å². The summed E-state index contributed by atoms with van der Waals surface area (Å²) in [6.45, 7) is 1.89. The maximum atomic E-state index is 11.1. The van der Waals surface area contributed by atoms with Gasteiger partial charge in [-0.15, -0.1) is 0 Å². The quantitative estimate of drug-likeness (QED) is 0.440. The number of anilines is 1. The van der Waals surface area contributed by atoms with Gasteiger partial charge in [0.25, 0.3) is 0 Å². The fourth-order valence-electron chi connectivity index (χ4n) is 0.957. The summed E-state index contributed by atoms with van der Waals surface area (Å²) in [5.41, 5.74) is 7.44. The highest BCUT2D eigenvalue weighted by molar-refractivity contribution is 5.95. The Labute approximate surface area is 94.6 Å². The highest BCUT2D eigenvalue weighted by Gasteiger charge is 2.08. The molecule has 1 amide bonds. The molecule has 5 heteroatoms. The number of nitrogen functional groups attached to an aromatic ring is 1. The topological polar surface area (TPSA) is 81.4 Å². The van der Waals surface area contributed by atoms with E-state index < -0.39 is 5.97 Å². The number of esters is 1. The third kappa shape index (κ3) is 4.45. The van der Waals surface area contributed by atoms with Crippen molar-refractivity contribution < 1.29 is 14.3 Å². The molecule has 0 saturated heterocycles. The van der Waals surface area contributed by atoms with Gasteiger partial charge in [-0.1, -0.05) is 11.6 Å². The normalized spacial score (nSPS) is 8.44. The molecule has 0 unspecified atom stereocenters. The zero-order valence-corrected chi connectivity index (χ0v) is 9.61. The van der Waals surface area contributed by atoms with Crippen LogP contribution in [0.15, 0.2) is 18.2 Å². The van der Waals surface area contributed by atoms with Gasteiger partial charge in [0.1, 0.15) is 0 Å². The number of hydrogen-bond acceptors (Lipinski definition) is 4. The van der Waals surface area contributed by atoms with Crippen molar-refractivity contribution in [1.29, 1.82) is 0 Å². The van der Waals surface area contributed by atoms with Crippen molar-refractivity contribution in [1.82, 2.24) is 5.32 Å². The Balaban J connectivity index is 0.000000487. The summed E-state index contributed by atoms with van der Waals surface area (Å²) in [5, 5.41) is 2.25. The molecule has 1 aromatic carbocycles.